The van der Waals surface area contributed by atoms with E-state index in [1.165, 1.54) is 5.69 Å². The van der Waals surface area contributed by atoms with Crippen LogP contribution in [0.15, 0.2) is 41.3 Å². The molecule has 0 spiro atoms. The number of benzene rings is 1. The number of ether oxygens (including phenoxy) is 1. The fourth-order valence-electron chi connectivity index (χ4n) is 4.33. The minimum absolute atomic E-state index is 0.0521. The molecule has 9 heteroatoms. The molecule has 2 aliphatic rings. The lowest BCUT2D eigenvalue weighted by atomic mass is 9.96. The molecule has 5 rings (SSSR count). The molecule has 0 N–H and O–H groups in total. The van der Waals surface area contributed by atoms with E-state index in [0.29, 0.717) is 18.3 Å². The van der Waals surface area contributed by atoms with Gasteiger partial charge in [0.25, 0.3) is 0 Å². The van der Waals surface area contributed by atoms with Crippen molar-refractivity contribution in [3.8, 4) is 17.1 Å². The Morgan fingerprint density at radius 2 is 2.00 bits per heavy atom. The summed E-state index contributed by atoms with van der Waals surface area (Å²) in [5.41, 5.74) is 2.11. The molecule has 1 atom stereocenters. The van der Waals surface area contributed by atoms with Gasteiger partial charge < -0.3 is 18.7 Å². The van der Waals surface area contributed by atoms with Crippen LogP contribution < -0.4 is 4.74 Å². The normalized spacial score (nSPS) is 19.3. The highest BCUT2D eigenvalue weighted by atomic mass is 16.5. The Bertz CT molecular complexity index is 1040. The third-order valence-corrected chi connectivity index (χ3v) is 6.17. The van der Waals surface area contributed by atoms with Crippen molar-refractivity contribution in [3.63, 3.8) is 0 Å². The SMILES string of the molecule is COc1ccc(-c2noc(CN3CCN(C(=O)[C@@H]4CCc5cncn5C4)CC3)n2)cc1. The maximum atomic E-state index is 13.0. The smallest absolute Gasteiger partial charge is 0.241 e. The lowest BCUT2D eigenvalue weighted by molar-refractivity contribution is -0.138. The number of fused-ring (bicyclic) bond motifs is 1. The molecule has 0 unspecified atom stereocenters. The number of carbonyl (C=O) groups excluding carboxylic acids is 1. The highest BCUT2D eigenvalue weighted by Crippen LogP contribution is 2.23. The predicted molar refractivity (Wildman–Crippen MR) is 112 cm³/mol. The first-order chi connectivity index (χ1) is 15.2. The molecule has 31 heavy (non-hydrogen) atoms. The van der Waals surface area contributed by atoms with Crippen LogP contribution in [0.4, 0.5) is 0 Å². The number of methoxy groups -OCH3 is 1. The van der Waals surface area contributed by atoms with E-state index in [1.54, 1.807) is 7.11 Å². The van der Waals surface area contributed by atoms with Gasteiger partial charge in [0.1, 0.15) is 5.75 Å². The Hall–Kier alpha value is -3.20. The Kier molecular flexibility index (Phi) is 5.42. The average molecular weight is 422 g/mol. The van der Waals surface area contributed by atoms with Gasteiger partial charge in [-0.25, -0.2) is 4.98 Å². The minimum atomic E-state index is 0.0521. The molecule has 1 fully saturated rings. The summed E-state index contributed by atoms with van der Waals surface area (Å²) in [4.78, 5) is 26.0. The molecule has 162 valence electrons. The summed E-state index contributed by atoms with van der Waals surface area (Å²) in [7, 11) is 1.64. The van der Waals surface area contributed by atoms with E-state index in [1.807, 2.05) is 41.7 Å². The molecule has 0 radical (unpaired) electrons. The fraction of sp³-hybridized carbons (Fsp3) is 0.455. The van der Waals surface area contributed by atoms with Gasteiger partial charge in [-0.3, -0.25) is 9.69 Å². The van der Waals surface area contributed by atoms with Crippen LogP contribution in [-0.2, 0) is 24.3 Å². The van der Waals surface area contributed by atoms with Crippen LogP contribution in [0.2, 0.25) is 0 Å². The van der Waals surface area contributed by atoms with Crippen LogP contribution in [0.3, 0.4) is 0 Å². The third-order valence-electron chi connectivity index (χ3n) is 6.17. The first kappa shape index (κ1) is 19.7. The minimum Gasteiger partial charge on any atom is -0.497 e. The second-order valence-electron chi connectivity index (χ2n) is 8.11. The van der Waals surface area contributed by atoms with Crippen molar-refractivity contribution in [2.24, 2.45) is 5.92 Å². The summed E-state index contributed by atoms with van der Waals surface area (Å²) >= 11 is 0. The number of amides is 1. The van der Waals surface area contributed by atoms with Gasteiger partial charge in [0.2, 0.25) is 17.6 Å². The van der Waals surface area contributed by atoms with Crippen LogP contribution in [-0.4, -0.2) is 68.7 Å². The lowest BCUT2D eigenvalue weighted by Crippen LogP contribution is -2.50. The number of aromatic nitrogens is 4. The van der Waals surface area contributed by atoms with Crippen molar-refractivity contribution in [1.29, 1.82) is 0 Å². The maximum Gasteiger partial charge on any atom is 0.241 e. The van der Waals surface area contributed by atoms with E-state index in [0.717, 1.165) is 56.9 Å². The Morgan fingerprint density at radius 3 is 2.77 bits per heavy atom. The molecule has 2 aliphatic heterocycles. The molecule has 1 saturated heterocycles. The molecule has 1 aromatic carbocycles. The van der Waals surface area contributed by atoms with E-state index in [-0.39, 0.29) is 11.8 Å². The Labute approximate surface area is 180 Å². The van der Waals surface area contributed by atoms with Crippen molar-refractivity contribution in [2.75, 3.05) is 33.3 Å². The van der Waals surface area contributed by atoms with Crippen LogP contribution in [0.25, 0.3) is 11.4 Å². The number of hydrogen-bond acceptors (Lipinski definition) is 7. The zero-order chi connectivity index (χ0) is 21.2. The van der Waals surface area contributed by atoms with Gasteiger partial charge >= 0.3 is 0 Å². The quantitative estimate of drug-likeness (QED) is 0.620. The first-order valence-electron chi connectivity index (χ1n) is 10.7. The van der Waals surface area contributed by atoms with Gasteiger partial charge in [-0.1, -0.05) is 5.16 Å². The number of piperazine rings is 1. The molecule has 0 aliphatic carbocycles. The number of nitrogens with zero attached hydrogens (tertiary/aromatic N) is 6. The third kappa shape index (κ3) is 4.18. The predicted octanol–water partition coefficient (Wildman–Crippen LogP) is 1.85. The highest BCUT2D eigenvalue weighted by molar-refractivity contribution is 5.79. The van der Waals surface area contributed by atoms with Crippen molar-refractivity contribution < 1.29 is 14.1 Å². The van der Waals surface area contributed by atoms with Gasteiger partial charge in [-0.15, -0.1) is 0 Å². The van der Waals surface area contributed by atoms with Gasteiger partial charge in [0, 0.05) is 50.2 Å². The summed E-state index contributed by atoms with van der Waals surface area (Å²) in [5, 5.41) is 4.10. The molecule has 3 aromatic rings. The summed E-state index contributed by atoms with van der Waals surface area (Å²) in [5.74, 6) is 2.27. The number of rotatable bonds is 5. The molecule has 9 nitrogen and oxygen atoms in total. The molecule has 1 amide bonds. The van der Waals surface area contributed by atoms with E-state index >= 15 is 0 Å². The molecular weight excluding hydrogens is 396 g/mol. The van der Waals surface area contributed by atoms with Crippen LogP contribution in [0, 0.1) is 5.92 Å². The van der Waals surface area contributed by atoms with E-state index in [4.69, 9.17) is 9.26 Å². The zero-order valence-electron chi connectivity index (χ0n) is 17.6. The van der Waals surface area contributed by atoms with Crippen molar-refractivity contribution in [1.82, 2.24) is 29.5 Å². The summed E-state index contributed by atoms with van der Waals surface area (Å²) < 4.78 is 12.7. The first-order valence-corrected chi connectivity index (χ1v) is 10.7. The van der Waals surface area contributed by atoms with Crippen LogP contribution in [0.1, 0.15) is 18.0 Å². The largest absolute Gasteiger partial charge is 0.497 e. The monoisotopic (exact) mass is 422 g/mol. The average Bonchev–Trinajstić information content (AvgIpc) is 3.48. The number of carbonyl (C=O) groups is 1. The molecule has 4 heterocycles. The number of imidazole rings is 1. The van der Waals surface area contributed by atoms with E-state index in [2.05, 4.69) is 24.6 Å². The van der Waals surface area contributed by atoms with Gasteiger partial charge in [-0.05, 0) is 37.1 Å². The zero-order valence-corrected chi connectivity index (χ0v) is 17.6. The van der Waals surface area contributed by atoms with Gasteiger partial charge in [0.05, 0.1) is 25.9 Å². The maximum absolute atomic E-state index is 13.0. The van der Waals surface area contributed by atoms with Gasteiger partial charge in [-0.2, -0.15) is 4.98 Å². The van der Waals surface area contributed by atoms with Crippen molar-refractivity contribution in [3.05, 3.63) is 48.4 Å². The second-order valence-corrected chi connectivity index (χ2v) is 8.11. The van der Waals surface area contributed by atoms with Crippen molar-refractivity contribution >= 4 is 5.91 Å². The topological polar surface area (TPSA) is 89.5 Å². The summed E-state index contributed by atoms with van der Waals surface area (Å²) in [6, 6.07) is 7.58. The van der Waals surface area contributed by atoms with Crippen molar-refractivity contribution in [2.45, 2.75) is 25.9 Å². The molecular formula is C22H26N6O3. The summed E-state index contributed by atoms with van der Waals surface area (Å²) in [6.07, 6.45) is 5.55. The summed E-state index contributed by atoms with van der Waals surface area (Å²) in [6.45, 7) is 4.39. The number of aryl methyl sites for hydroxylation is 1. The van der Waals surface area contributed by atoms with E-state index < -0.39 is 0 Å². The Morgan fingerprint density at radius 1 is 1.19 bits per heavy atom. The van der Waals surface area contributed by atoms with Crippen LogP contribution in [0.5, 0.6) is 5.75 Å². The standard InChI is InChI=1S/C22H26N6O3/c1-30-19-6-3-16(4-7-19)21-24-20(31-25-21)14-26-8-10-27(11-9-26)22(29)17-2-5-18-12-23-15-28(18)13-17/h3-4,6-7,12,15,17H,2,5,8-11,13-14H2,1H3/t17-/m1/s1. The Balaban J connectivity index is 1.13. The van der Waals surface area contributed by atoms with Crippen LogP contribution >= 0.6 is 0 Å². The molecule has 0 bridgehead atoms. The lowest BCUT2D eigenvalue weighted by Gasteiger charge is -2.36. The van der Waals surface area contributed by atoms with E-state index in [9.17, 15) is 4.79 Å². The fourth-order valence-corrected chi connectivity index (χ4v) is 4.33. The number of hydrogen-bond donors (Lipinski definition) is 0. The molecule has 0 saturated carbocycles. The molecule has 2 aromatic heterocycles. The second kappa shape index (κ2) is 8.50. The van der Waals surface area contributed by atoms with Gasteiger partial charge in [0.15, 0.2) is 0 Å². The highest BCUT2D eigenvalue weighted by Gasteiger charge is 2.30.